The second kappa shape index (κ2) is 3.57. The van der Waals surface area contributed by atoms with Crippen molar-refractivity contribution in [3.05, 3.63) is 0 Å². The van der Waals surface area contributed by atoms with Crippen LogP contribution in [0.2, 0.25) is 0 Å². The normalized spacial score (nSPS) is 13.6. The summed E-state index contributed by atoms with van der Waals surface area (Å²) in [6, 6.07) is 0. The van der Waals surface area contributed by atoms with Crippen LogP contribution in [0.15, 0.2) is 0 Å². The Kier molecular flexibility index (Phi) is 3.56. The zero-order valence-corrected chi connectivity index (χ0v) is 8.70. The Balaban J connectivity index is 4.00. The van der Waals surface area contributed by atoms with E-state index in [1.54, 1.807) is 0 Å². The van der Waals surface area contributed by atoms with Crippen molar-refractivity contribution >= 4 is 0 Å². The molecule has 0 amide bonds. The van der Waals surface area contributed by atoms with Crippen LogP contribution < -0.4 is 5.73 Å². The third-order valence-corrected chi connectivity index (χ3v) is 2.90. The lowest BCUT2D eigenvalue weighted by molar-refractivity contribution is 0.181. The van der Waals surface area contributed by atoms with Gasteiger partial charge < -0.3 is 5.73 Å². The monoisotopic (exact) mass is 157 g/mol. The van der Waals surface area contributed by atoms with Crippen molar-refractivity contribution in [2.45, 2.75) is 59.4 Å². The van der Waals surface area contributed by atoms with Crippen LogP contribution in [0.3, 0.4) is 0 Å². The van der Waals surface area contributed by atoms with Gasteiger partial charge in [-0.1, -0.05) is 33.6 Å². The quantitative estimate of drug-likeness (QED) is 0.667. The lowest BCUT2D eigenvalue weighted by Gasteiger charge is -2.38. The molecule has 0 radical (unpaired) electrons. The van der Waals surface area contributed by atoms with E-state index in [0.717, 1.165) is 0 Å². The minimum Gasteiger partial charge on any atom is -0.325 e. The first kappa shape index (κ1) is 11.0. The predicted molar refractivity (Wildman–Crippen MR) is 51.6 cm³/mol. The van der Waals surface area contributed by atoms with Crippen molar-refractivity contribution < 1.29 is 0 Å². The zero-order valence-electron chi connectivity index (χ0n) is 8.70. The Bertz CT molecular complexity index is 109. The van der Waals surface area contributed by atoms with Gasteiger partial charge in [0, 0.05) is 5.54 Å². The van der Waals surface area contributed by atoms with E-state index < -0.39 is 0 Å². The van der Waals surface area contributed by atoms with Gasteiger partial charge in [0.25, 0.3) is 0 Å². The van der Waals surface area contributed by atoms with E-state index in [1.165, 1.54) is 19.3 Å². The minimum atomic E-state index is -0.0534. The summed E-state index contributed by atoms with van der Waals surface area (Å²) in [6.07, 6.45) is 3.78. The Hall–Kier alpha value is -0.0400. The van der Waals surface area contributed by atoms with Gasteiger partial charge in [-0.15, -0.1) is 0 Å². The molecule has 0 rings (SSSR count). The average Bonchev–Trinajstić information content (AvgIpc) is 1.81. The maximum atomic E-state index is 6.05. The van der Waals surface area contributed by atoms with E-state index >= 15 is 0 Å². The van der Waals surface area contributed by atoms with Crippen molar-refractivity contribution in [3.63, 3.8) is 0 Å². The summed E-state index contributed by atoms with van der Waals surface area (Å²) in [5, 5.41) is 0. The minimum absolute atomic E-state index is 0.0534. The highest BCUT2D eigenvalue weighted by Crippen LogP contribution is 2.33. The van der Waals surface area contributed by atoms with Gasteiger partial charge in [0.05, 0.1) is 0 Å². The largest absolute Gasteiger partial charge is 0.325 e. The zero-order chi connectivity index (χ0) is 9.12. The van der Waals surface area contributed by atoms with Gasteiger partial charge >= 0.3 is 0 Å². The molecule has 68 valence electrons. The Morgan fingerprint density at radius 1 is 1.09 bits per heavy atom. The molecule has 0 bridgehead atoms. The summed E-state index contributed by atoms with van der Waals surface area (Å²) in [7, 11) is 0. The molecule has 0 aliphatic carbocycles. The van der Waals surface area contributed by atoms with E-state index in [2.05, 4.69) is 34.6 Å². The lowest BCUT2D eigenvalue weighted by atomic mass is 9.72. The Morgan fingerprint density at radius 3 is 1.82 bits per heavy atom. The number of rotatable bonds is 4. The highest BCUT2D eigenvalue weighted by molar-refractivity contribution is 4.89. The van der Waals surface area contributed by atoms with Crippen molar-refractivity contribution in [1.82, 2.24) is 0 Å². The molecule has 0 aliphatic rings. The number of hydrogen-bond donors (Lipinski definition) is 1. The third-order valence-electron chi connectivity index (χ3n) is 2.90. The molecular formula is C10H23N. The second-order valence-corrected chi connectivity index (χ2v) is 4.71. The molecule has 0 atom stereocenters. The number of unbranched alkanes of at least 4 members (excludes halogenated alkanes) is 1. The fourth-order valence-electron chi connectivity index (χ4n) is 0.941. The first-order valence-corrected chi connectivity index (χ1v) is 4.60. The van der Waals surface area contributed by atoms with Crippen molar-refractivity contribution in [1.29, 1.82) is 0 Å². The number of hydrogen-bond acceptors (Lipinski definition) is 1. The molecular weight excluding hydrogens is 134 g/mol. The topological polar surface area (TPSA) is 26.0 Å². The molecule has 0 saturated heterocycles. The molecule has 0 aromatic rings. The molecule has 1 nitrogen and oxygen atoms in total. The van der Waals surface area contributed by atoms with Gasteiger partial charge in [-0.2, -0.15) is 0 Å². The fourth-order valence-corrected chi connectivity index (χ4v) is 0.941. The molecule has 0 spiro atoms. The van der Waals surface area contributed by atoms with Gasteiger partial charge in [-0.25, -0.2) is 0 Å². The Labute approximate surface area is 71.4 Å². The van der Waals surface area contributed by atoms with E-state index in [4.69, 9.17) is 5.73 Å². The van der Waals surface area contributed by atoms with Gasteiger partial charge in [-0.3, -0.25) is 0 Å². The summed E-state index contributed by atoms with van der Waals surface area (Å²) in [5.74, 6) is 0. The number of nitrogens with two attached hydrogens (primary N) is 1. The van der Waals surface area contributed by atoms with Crippen LogP contribution in [-0.4, -0.2) is 5.54 Å². The fraction of sp³-hybridized carbons (Fsp3) is 1.00. The second-order valence-electron chi connectivity index (χ2n) is 4.71. The molecule has 0 heterocycles. The molecule has 0 unspecified atom stereocenters. The van der Waals surface area contributed by atoms with Gasteiger partial charge in [-0.05, 0) is 25.7 Å². The van der Waals surface area contributed by atoms with Crippen molar-refractivity contribution in [3.8, 4) is 0 Å². The van der Waals surface area contributed by atoms with Gasteiger partial charge in [0.15, 0.2) is 0 Å². The van der Waals surface area contributed by atoms with E-state index in [-0.39, 0.29) is 11.0 Å². The molecule has 1 heteroatoms. The molecule has 0 aromatic heterocycles. The summed E-state index contributed by atoms with van der Waals surface area (Å²) >= 11 is 0. The first-order valence-electron chi connectivity index (χ1n) is 4.60. The molecule has 0 fully saturated rings. The van der Waals surface area contributed by atoms with Gasteiger partial charge in [0.1, 0.15) is 0 Å². The summed E-state index contributed by atoms with van der Waals surface area (Å²) in [5.41, 5.74) is 6.27. The Morgan fingerprint density at radius 2 is 1.55 bits per heavy atom. The van der Waals surface area contributed by atoms with Crippen molar-refractivity contribution in [2.75, 3.05) is 0 Å². The van der Waals surface area contributed by atoms with E-state index in [0.29, 0.717) is 0 Å². The first-order chi connectivity index (χ1) is 4.81. The molecule has 0 saturated carbocycles. The maximum absolute atomic E-state index is 6.05. The smallest absolute Gasteiger partial charge is 0.0148 e. The lowest BCUT2D eigenvalue weighted by Crippen LogP contribution is -2.47. The van der Waals surface area contributed by atoms with Crippen LogP contribution in [0.25, 0.3) is 0 Å². The van der Waals surface area contributed by atoms with Crippen molar-refractivity contribution in [2.24, 2.45) is 11.1 Å². The van der Waals surface area contributed by atoms with Gasteiger partial charge in [0.2, 0.25) is 0 Å². The molecule has 2 N–H and O–H groups in total. The highest BCUT2D eigenvalue weighted by Gasteiger charge is 2.32. The van der Waals surface area contributed by atoms with Crippen LogP contribution in [0, 0.1) is 5.41 Å². The van der Waals surface area contributed by atoms with Crippen LogP contribution in [-0.2, 0) is 0 Å². The predicted octanol–water partition coefficient (Wildman–Crippen LogP) is 2.94. The van der Waals surface area contributed by atoms with E-state index in [9.17, 15) is 0 Å². The molecule has 0 aromatic carbocycles. The summed E-state index contributed by atoms with van der Waals surface area (Å²) < 4.78 is 0. The summed E-state index contributed by atoms with van der Waals surface area (Å²) in [6.45, 7) is 11.0. The average molecular weight is 157 g/mol. The third kappa shape index (κ3) is 3.24. The highest BCUT2D eigenvalue weighted by atomic mass is 14.7. The van der Waals surface area contributed by atoms with Crippen LogP contribution in [0.1, 0.15) is 53.9 Å². The maximum Gasteiger partial charge on any atom is 0.0148 e. The van der Waals surface area contributed by atoms with Crippen LogP contribution in [0.5, 0.6) is 0 Å². The molecule has 0 aliphatic heterocycles. The summed E-state index contributed by atoms with van der Waals surface area (Å²) in [4.78, 5) is 0. The van der Waals surface area contributed by atoms with E-state index in [1.807, 2.05) is 0 Å². The standard InChI is InChI=1S/C10H23N/c1-6-7-8-9(2,3)10(4,5)11/h6-8,11H2,1-5H3. The molecule has 11 heavy (non-hydrogen) atoms. The SMILES string of the molecule is CCCCC(C)(C)C(C)(C)N. The van der Waals surface area contributed by atoms with Crippen LogP contribution in [0.4, 0.5) is 0 Å². The van der Waals surface area contributed by atoms with Crippen LogP contribution >= 0.6 is 0 Å².